The molecule has 0 aliphatic carbocycles. The van der Waals surface area contributed by atoms with Crippen molar-refractivity contribution in [3.63, 3.8) is 0 Å². The summed E-state index contributed by atoms with van der Waals surface area (Å²) >= 11 is 0. The van der Waals surface area contributed by atoms with Crippen molar-refractivity contribution < 1.29 is 5.11 Å². The predicted molar refractivity (Wildman–Crippen MR) is 69.5 cm³/mol. The number of aromatic amines is 1. The van der Waals surface area contributed by atoms with E-state index in [-0.39, 0.29) is 5.75 Å². The summed E-state index contributed by atoms with van der Waals surface area (Å²) in [6.45, 7) is 0. The molecular weight excluding hydrogens is 228 g/mol. The van der Waals surface area contributed by atoms with Gasteiger partial charge in [-0.2, -0.15) is 4.98 Å². The number of para-hydroxylation sites is 1. The second-order valence-corrected chi connectivity index (χ2v) is 3.96. The summed E-state index contributed by atoms with van der Waals surface area (Å²) in [6.07, 6.45) is 0. The largest absolute Gasteiger partial charge is 0.506 e. The molecule has 0 spiro atoms. The van der Waals surface area contributed by atoms with Crippen LogP contribution in [0.15, 0.2) is 53.3 Å². The summed E-state index contributed by atoms with van der Waals surface area (Å²) < 4.78 is 0. The highest BCUT2D eigenvalue weighted by Crippen LogP contribution is 2.28. The maximum Gasteiger partial charge on any atom is 0.346 e. The number of aromatic nitrogens is 2. The third-order valence-electron chi connectivity index (χ3n) is 2.79. The summed E-state index contributed by atoms with van der Waals surface area (Å²) in [4.78, 5) is 18.1. The lowest BCUT2D eigenvalue weighted by molar-refractivity contribution is 0.480. The first-order chi connectivity index (χ1) is 8.75. The van der Waals surface area contributed by atoms with Gasteiger partial charge < -0.3 is 10.1 Å². The predicted octanol–water partition coefficient (Wildman–Crippen LogP) is 2.30. The van der Waals surface area contributed by atoms with E-state index in [4.69, 9.17) is 0 Å². The number of H-pyrrole nitrogens is 1. The average molecular weight is 238 g/mol. The van der Waals surface area contributed by atoms with E-state index in [9.17, 15) is 9.90 Å². The van der Waals surface area contributed by atoms with Crippen molar-refractivity contribution >= 4 is 10.9 Å². The van der Waals surface area contributed by atoms with Crippen molar-refractivity contribution in [3.8, 4) is 17.0 Å². The molecule has 2 N–H and O–H groups in total. The van der Waals surface area contributed by atoms with Crippen LogP contribution < -0.4 is 5.69 Å². The molecule has 3 rings (SSSR count). The molecule has 0 saturated heterocycles. The quantitative estimate of drug-likeness (QED) is 0.683. The first-order valence-electron chi connectivity index (χ1n) is 5.53. The van der Waals surface area contributed by atoms with Gasteiger partial charge in [0.15, 0.2) is 0 Å². The van der Waals surface area contributed by atoms with Crippen LogP contribution in [0.3, 0.4) is 0 Å². The van der Waals surface area contributed by atoms with E-state index in [2.05, 4.69) is 9.97 Å². The molecule has 0 fully saturated rings. The van der Waals surface area contributed by atoms with E-state index in [0.29, 0.717) is 11.2 Å². The van der Waals surface area contributed by atoms with E-state index in [1.807, 2.05) is 36.4 Å². The number of benzene rings is 2. The Hall–Kier alpha value is -2.62. The second kappa shape index (κ2) is 4.00. The summed E-state index contributed by atoms with van der Waals surface area (Å²) in [5.41, 5.74) is 1.36. The van der Waals surface area contributed by atoms with Gasteiger partial charge in [-0.15, -0.1) is 0 Å². The fraction of sp³-hybridized carbons (Fsp3) is 0. The minimum atomic E-state index is -0.470. The zero-order chi connectivity index (χ0) is 12.5. The van der Waals surface area contributed by atoms with E-state index < -0.39 is 5.69 Å². The van der Waals surface area contributed by atoms with Gasteiger partial charge in [-0.1, -0.05) is 42.5 Å². The Labute approximate surface area is 103 Å². The number of hydrogen-bond donors (Lipinski definition) is 2. The Bertz CT molecular complexity index is 764. The van der Waals surface area contributed by atoms with Gasteiger partial charge in [-0.3, -0.25) is 0 Å². The van der Waals surface area contributed by atoms with Gasteiger partial charge >= 0.3 is 5.69 Å². The molecule has 0 aliphatic heterocycles. The molecule has 0 atom stereocenters. The normalized spacial score (nSPS) is 10.7. The van der Waals surface area contributed by atoms with Crippen LogP contribution in [0, 0.1) is 0 Å². The molecule has 0 amide bonds. The SMILES string of the molecule is O=c1nc(-c2ccccc2)c2cccc(O)c2[nH]1. The molecule has 1 aromatic heterocycles. The van der Waals surface area contributed by atoms with Crippen LogP contribution in [-0.4, -0.2) is 15.1 Å². The molecule has 4 nitrogen and oxygen atoms in total. The Morgan fingerprint density at radius 1 is 1.00 bits per heavy atom. The van der Waals surface area contributed by atoms with E-state index in [1.165, 1.54) is 6.07 Å². The molecule has 1 heterocycles. The monoisotopic (exact) mass is 238 g/mol. The standard InChI is InChI=1S/C14H10N2O2/c17-11-8-4-7-10-12(9-5-2-1-3-6-9)15-14(18)16-13(10)11/h1-8,17H,(H,15,16,18). The number of phenolic OH excluding ortho intramolecular Hbond substituents is 1. The summed E-state index contributed by atoms with van der Waals surface area (Å²) in [6, 6.07) is 14.5. The van der Waals surface area contributed by atoms with Crippen LogP contribution in [0.25, 0.3) is 22.2 Å². The van der Waals surface area contributed by atoms with Gasteiger partial charge in [0.2, 0.25) is 0 Å². The summed E-state index contributed by atoms with van der Waals surface area (Å²) in [5, 5.41) is 10.5. The third-order valence-corrected chi connectivity index (χ3v) is 2.79. The number of hydrogen-bond acceptors (Lipinski definition) is 3. The first kappa shape index (κ1) is 10.5. The van der Waals surface area contributed by atoms with Gasteiger partial charge in [0.1, 0.15) is 5.75 Å². The highest BCUT2D eigenvalue weighted by Gasteiger charge is 2.09. The number of nitrogens with zero attached hydrogens (tertiary/aromatic N) is 1. The minimum Gasteiger partial charge on any atom is -0.506 e. The fourth-order valence-corrected chi connectivity index (χ4v) is 1.98. The number of rotatable bonds is 1. The van der Waals surface area contributed by atoms with Crippen LogP contribution in [0.2, 0.25) is 0 Å². The van der Waals surface area contributed by atoms with Crippen LogP contribution in [-0.2, 0) is 0 Å². The van der Waals surface area contributed by atoms with Crippen molar-refractivity contribution in [3.05, 3.63) is 59.0 Å². The summed E-state index contributed by atoms with van der Waals surface area (Å²) in [5.74, 6) is 0.0455. The maximum absolute atomic E-state index is 11.6. The molecule has 4 heteroatoms. The highest BCUT2D eigenvalue weighted by molar-refractivity contribution is 5.94. The van der Waals surface area contributed by atoms with Gasteiger partial charge in [0.25, 0.3) is 0 Å². The zero-order valence-corrected chi connectivity index (χ0v) is 9.42. The van der Waals surface area contributed by atoms with Crippen LogP contribution in [0.5, 0.6) is 5.75 Å². The molecule has 0 bridgehead atoms. The molecule has 3 aromatic rings. The highest BCUT2D eigenvalue weighted by atomic mass is 16.3. The Kier molecular flexibility index (Phi) is 2.34. The lowest BCUT2D eigenvalue weighted by Gasteiger charge is -2.06. The van der Waals surface area contributed by atoms with Crippen molar-refractivity contribution in [1.29, 1.82) is 0 Å². The van der Waals surface area contributed by atoms with Gasteiger partial charge in [-0.05, 0) is 6.07 Å². The lowest BCUT2D eigenvalue weighted by atomic mass is 10.1. The molecule has 88 valence electrons. The lowest BCUT2D eigenvalue weighted by Crippen LogP contribution is -2.11. The topological polar surface area (TPSA) is 66.0 Å². The molecule has 0 saturated carbocycles. The molecule has 0 unspecified atom stereocenters. The minimum absolute atomic E-state index is 0.0455. The molecule has 2 aromatic carbocycles. The third kappa shape index (κ3) is 1.64. The smallest absolute Gasteiger partial charge is 0.346 e. The summed E-state index contributed by atoms with van der Waals surface area (Å²) in [7, 11) is 0. The Morgan fingerprint density at radius 2 is 1.78 bits per heavy atom. The van der Waals surface area contributed by atoms with E-state index in [0.717, 1.165) is 10.9 Å². The maximum atomic E-state index is 11.6. The van der Waals surface area contributed by atoms with Crippen LogP contribution >= 0.6 is 0 Å². The number of fused-ring (bicyclic) bond motifs is 1. The molecule has 0 radical (unpaired) electrons. The van der Waals surface area contributed by atoms with E-state index in [1.54, 1.807) is 6.07 Å². The molecular formula is C14H10N2O2. The molecule has 0 aliphatic rings. The Balaban J connectivity index is 2.43. The van der Waals surface area contributed by atoms with Crippen molar-refractivity contribution in [2.24, 2.45) is 0 Å². The molecule has 18 heavy (non-hydrogen) atoms. The van der Waals surface area contributed by atoms with Crippen LogP contribution in [0.4, 0.5) is 0 Å². The number of nitrogens with one attached hydrogen (secondary N) is 1. The fourth-order valence-electron chi connectivity index (χ4n) is 1.98. The van der Waals surface area contributed by atoms with Crippen LogP contribution in [0.1, 0.15) is 0 Å². The van der Waals surface area contributed by atoms with Crippen molar-refractivity contribution in [2.45, 2.75) is 0 Å². The average Bonchev–Trinajstić information content (AvgIpc) is 2.40. The van der Waals surface area contributed by atoms with Crippen molar-refractivity contribution in [2.75, 3.05) is 0 Å². The van der Waals surface area contributed by atoms with Gasteiger partial charge in [-0.25, -0.2) is 4.79 Å². The van der Waals surface area contributed by atoms with Gasteiger partial charge in [0.05, 0.1) is 11.2 Å². The number of phenols is 1. The second-order valence-electron chi connectivity index (χ2n) is 3.96. The Morgan fingerprint density at radius 3 is 2.56 bits per heavy atom. The van der Waals surface area contributed by atoms with Crippen molar-refractivity contribution in [1.82, 2.24) is 9.97 Å². The zero-order valence-electron chi connectivity index (χ0n) is 9.42. The number of aromatic hydroxyl groups is 1. The van der Waals surface area contributed by atoms with E-state index >= 15 is 0 Å². The first-order valence-corrected chi connectivity index (χ1v) is 5.53. The van der Waals surface area contributed by atoms with Gasteiger partial charge in [0, 0.05) is 10.9 Å².